The number of para-hydroxylation sites is 1. The zero-order valence-corrected chi connectivity index (χ0v) is 17.0. The van der Waals surface area contributed by atoms with E-state index in [0.717, 1.165) is 21.5 Å². The molecule has 3 aromatic carbocycles. The maximum Gasteiger partial charge on any atom is 0.194 e. The molecule has 0 saturated carbocycles. The minimum atomic E-state index is -0.0434. The molecule has 0 amide bonds. The van der Waals surface area contributed by atoms with Gasteiger partial charge in [0.15, 0.2) is 5.78 Å². The standard InChI is InChI=1S/C22H18ClN3OS/c1-14-7-9-16(10-8-14)22(27)18-13-17(23)11-12-21(18)28-15(2)26-20-6-4-3-5-19(20)24-25-26/h3-13,15H,1-2H3. The molecule has 0 aliphatic carbocycles. The number of nitrogens with zero attached hydrogens (tertiary/aromatic N) is 3. The summed E-state index contributed by atoms with van der Waals surface area (Å²) in [6.07, 6.45) is 0. The average molecular weight is 408 g/mol. The summed E-state index contributed by atoms with van der Waals surface area (Å²) < 4.78 is 1.87. The highest BCUT2D eigenvalue weighted by atomic mass is 35.5. The Morgan fingerprint density at radius 1 is 1.07 bits per heavy atom. The molecule has 4 aromatic rings. The fraction of sp³-hybridized carbons (Fsp3) is 0.136. The van der Waals surface area contributed by atoms with Gasteiger partial charge in [0.1, 0.15) is 10.9 Å². The Kier molecular flexibility index (Phi) is 5.20. The molecular formula is C22H18ClN3OS. The molecule has 6 heteroatoms. The minimum absolute atomic E-state index is 0.0411. The van der Waals surface area contributed by atoms with E-state index in [9.17, 15) is 4.79 Å². The Morgan fingerprint density at radius 3 is 2.61 bits per heavy atom. The predicted octanol–water partition coefficient (Wildman–Crippen LogP) is 5.93. The lowest BCUT2D eigenvalue weighted by Crippen LogP contribution is -2.07. The highest BCUT2D eigenvalue weighted by Gasteiger charge is 2.19. The Balaban J connectivity index is 1.68. The molecule has 0 bridgehead atoms. The molecule has 0 radical (unpaired) electrons. The number of rotatable bonds is 5. The summed E-state index contributed by atoms with van der Waals surface area (Å²) in [6.45, 7) is 4.04. The van der Waals surface area contributed by atoms with Crippen LogP contribution in [0.1, 0.15) is 33.8 Å². The highest BCUT2D eigenvalue weighted by Crippen LogP contribution is 2.36. The van der Waals surface area contributed by atoms with Gasteiger partial charge in [-0.3, -0.25) is 4.79 Å². The van der Waals surface area contributed by atoms with Gasteiger partial charge in [-0.25, -0.2) is 4.68 Å². The quantitative estimate of drug-likeness (QED) is 0.303. The fourth-order valence-corrected chi connectivity index (χ4v) is 4.25. The van der Waals surface area contributed by atoms with Crippen LogP contribution in [0.5, 0.6) is 0 Å². The van der Waals surface area contributed by atoms with E-state index < -0.39 is 0 Å². The van der Waals surface area contributed by atoms with Crippen molar-refractivity contribution in [2.75, 3.05) is 0 Å². The van der Waals surface area contributed by atoms with E-state index in [-0.39, 0.29) is 11.2 Å². The van der Waals surface area contributed by atoms with Crippen LogP contribution in [0, 0.1) is 6.92 Å². The number of thioether (sulfide) groups is 1. The number of hydrogen-bond acceptors (Lipinski definition) is 4. The van der Waals surface area contributed by atoms with Crippen molar-refractivity contribution in [2.45, 2.75) is 24.1 Å². The van der Waals surface area contributed by atoms with Crippen LogP contribution in [0.15, 0.2) is 71.6 Å². The van der Waals surface area contributed by atoms with Gasteiger partial charge in [-0.15, -0.1) is 5.10 Å². The largest absolute Gasteiger partial charge is 0.289 e. The molecule has 0 saturated heterocycles. The van der Waals surface area contributed by atoms with Gasteiger partial charge in [0.05, 0.1) is 5.52 Å². The third-order valence-corrected chi connectivity index (χ3v) is 5.91. The smallest absolute Gasteiger partial charge is 0.194 e. The van der Waals surface area contributed by atoms with E-state index in [1.807, 2.05) is 79.2 Å². The van der Waals surface area contributed by atoms with E-state index in [1.54, 1.807) is 17.8 Å². The fourth-order valence-electron chi connectivity index (χ4n) is 3.03. The van der Waals surface area contributed by atoms with Crippen molar-refractivity contribution in [1.82, 2.24) is 15.0 Å². The number of aryl methyl sites for hydroxylation is 1. The first-order chi connectivity index (χ1) is 13.5. The number of aromatic nitrogens is 3. The molecule has 1 atom stereocenters. The molecule has 0 aliphatic rings. The van der Waals surface area contributed by atoms with E-state index in [0.29, 0.717) is 16.1 Å². The Hall–Kier alpha value is -2.63. The van der Waals surface area contributed by atoms with Crippen molar-refractivity contribution in [2.24, 2.45) is 0 Å². The molecule has 1 unspecified atom stereocenters. The zero-order valence-electron chi connectivity index (χ0n) is 15.5. The number of carbonyl (C=O) groups excluding carboxylic acids is 1. The van der Waals surface area contributed by atoms with Gasteiger partial charge in [-0.1, -0.05) is 70.5 Å². The van der Waals surface area contributed by atoms with E-state index in [1.165, 1.54) is 0 Å². The molecule has 0 aliphatic heterocycles. The van der Waals surface area contributed by atoms with Crippen LogP contribution in [-0.4, -0.2) is 20.8 Å². The lowest BCUT2D eigenvalue weighted by atomic mass is 10.0. The monoisotopic (exact) mass is 407 g/mol. The molecule has 4 nitrogen and oxygen atoms in total. The van der Waals surface area contributed by atoms with Gasteiger partial charge >= 0.3 is 0 Å². The van der Waals surface area contributed by atoms with Gasteiger partial charge in [-0.05, 0) is 44.2 Å². The van der Waals surface area contributed by atoms with Crippen molar-refractivity contribution in [3.63, 3.8) is 0 Å². The van der Waals surface area contributed by atoms with Gasteiger partial charge in [-0.2, -0.15) is 0 Å². The van der Waals surface area contributed by atoms with Crippen LogP contribution < -0.4 is 0 Å². The molecule has 0 fully saturated rings. The van der Waals surface area contributed by atoms with Crippen molar-refractivity contribution in [3.05, 3.63) is 88.4 Å². The third-order valence-electron chi connectivity index (χ3n) is 4.52. The molecular weight excluding hydrogens is 390 g/mol. The number of carbonyl (C=O) groups is 1. The van der Waals surface area contributed by atoms with Gasteiger partial charge in [0, 0.05) is 21.0 Å². The van der Waals surface area contributed by atoms with Crippen molar-refractivity contribution in [3.8, 4) is 0 Å². The second-order valence-electron chi connectivity index (χ2n) is 6.58. The normalized spacial score (nSPS) is 12.2. The summed E-state index contributed by atoms with van der Waals surface area (Å²) in [7, 11) is 0. The first-order valence-corrected chi connectivity index (χ1v) is 10.2. The van der Waals surface area contributed by atoms with Crippen LogP contribution in [0.2, 0.25) is 5.02 Å². The summed E-state index contributed by atoms with van der Waals surface area (Å²) in [4.78, 5) is 14.0. The average Bonchev–Trinajstić information content (AvgIpc) is 3.13. The summed E-state index contributed by atoms with van der Waals surface area (Å²) in [6, 6.07) is 20.8. The molecule has 0 spiro atoms. The van der Waals surface area contributed by atoms with Gasteiger partial charge < -0.3 is 0 Å². The molecule has 140 valence electrons. The van der Waals surface area contributed by atoms with Crippen LogP contribution in [-0.2, 0) is 0 Å². The number of benzene rings is 3. The lowest BCUT2D eigenvalue weighted by Gasteiger charge is -2.15. The van der Waals surface area contributed by atoms with Crippen LogP contribution in [0.4, 0.5) is 0 Å². The summed E-state index contributed by atoms with van der Waals surface area (Å²) in [5.41, 5.74) is 4.17. The molecule has 28 heavy (non-hydrogen) atoms. The van der Waals surface area contributed by atoms with Gasteiger partial charge in [0.2, 0.25) is 0 Å². The molecule has 1 heterocycles. The Morgan fingerprint density at radius 2 is 1.82 bits per heavy atom. The topological polar surface area (TPSA) is 47.8 Å². The number of ketones is 1. The van der Waals surface area contributed by atoms with Crippen molar-refractivity contribution in [1.29, 1.82) is 0 Å². The molecule has 4 rings (SSSR count). The number of fused-ring (bicyclic) bond motifs is 1. The number of halogens is 1. The minimum Gasteiger partial charge on any atom is -0.289 e. The zero-order chi connectivity index (χ0) is 19.7. The predicted molar refractivity (Wildman–Crippen MR) is 114 cm³/mol. The Labute approximate surface area is 172 Å². The maximum atomic E-state index is 13.1. The molecule has 0 N–H and O–H groups in total. The van der Waals surface area contributed by atoms with Crippen LogP contribution in [0.3, 0.4) is 0 Å². The van der Waals surface area contributed by atoms with E-state index in [4.69, 9.17) is 11.6 Å². The van der Waals surface area contributed by atoms with Crippen LogP contribution >= 0.6 is 23.4 Å². The van der Waals surface area contributed by atoms with Gasteiger partial charge in [0.25, 0.3) is 0 Å². The Bertz CT molecular complexity index is 1150. The van der Waals surface area contributed by atoms with Crippen LogP contribution in [0.25, 0.3) is 11.0 Å². The van der Waals surface area contributed by atoms with E-state index in [2.05, 4.69) is 10.3 Å². The highest BCUT2D eigenvalue weighted by molar-refractivity contribution is 7.99. The first kappa shape index (κ1) is 18.7. The summed E-state index contributed by atoms with van der Waals surface area (Å²) in [5.74, 6) is -0.0411. The first-order valence-electron chi connectivity index (χ1n) is 8.90. The lowest BCUT2D eigenvalue weighted by molar-refractivity contribution is 0.103. The second kappa shape index (κ2) is 7.78. The summed E-state index contributed by atoms with van der Waals surface area (Å²) in [5, 5.41) is 9.00. The molecule has 1 aromatic heterocycles. The maximum absolute atomic E-state index is 13.1. The van der Waals surface area contributed by atoms with E-state index >= 15 is 0 Å². The number of hydrogen-bond donors (Lipinski definition) is 0. The second-order valence-corrected chi connectivity index (χ2v) is 8.37. The van der Waals surface area contributed by atoms with Crippen molar-refractivity contribution >= 4 is 40.2 Å². The van der Waals surface area contributed by atoms with Crippen molar-refractivity contribution < 1.29 is 4.79 Å². The SMILES string of the molecule is Cc1ccc(C(=O)c2cc(Cl)ccc2SC(C)n2nnc3ccccc32)cc1. The third kappa shape index (κ3) is 3.68. The summed E-state index contributed by atoms with van der Waals surface area (Å²) >= 11 is 7.76.